The van der Waals surface area contributed by atoms with Crippen LogP contribution >= 0.6 is 0 Å². The summed E-state index contributed by atoms with van der Waals surface area (Å²) in [6, 6.07) is 0.239. The summed E-state index contributed by atoms with van der Waals surface area (Å²) in [7, 11) is 0. The van der Waals surface area contributed by atoms with Crippen LogP contribution in [0.2, 0.25) is 0 Å². The van der Waals surface area contributed by atoms with Crippen LogP contribution in [0.15, 0.2) is 12.8 Å². The van der Waals surface area contributed by atoms with E-state index in [1.54, 1.807) is 6.20 Å². The summed E-state index contributed by atoms with van der Waals surface area (Å²) in [5.74, 6) is 0.654. The van der Waals surface area contributed by atoms with Crippen molar-refractivity contribution in [3.63, 3.8) is 0 Å². The molecule has 1 aliphatic carbocycles. The molecular weight excluding hydrogens is 150 g/mol. The largest absolute Gasteiger partial charge is 0.394 e. The van der Waals surface area contributed by atoms with Crippen LogP contribution in [0.25, 0.3) is 0 Å². The number of hydrogen-bond acceptors (Lipinski definition) is 2. The molecule has 0 saturated heterocycles. The Morgan fingerprint density at radius 2 is 2.08 bits per heavy atom. The van der Waals surface area contributed by atoms with Crippen LogP contribution in [-0.4, -0.2) is 17.8 Å². The highest BCUT2D eigenvalue weighted by molar-refractivity contribution is 4.82. The van der Waals surface area contributed by atoms with Crippen LogP contribution in [0.4, 0.5) is 0 Å². The summed E-state index contributed by atoms with van der Waals surface area (Å²) >= 11 is 0. The first-order chi connectivity index (χ1) is 5.88. The molecule has 70 valence electrons. The Labute approximate surface area is 74.7 Å². The van der Waals surface area contributed by atoms with Gasteiger partial charge in [0.1, 0.15) is 0 Å². The molecule has 0 aromatic carbocycles. The lowest BCUT2D eigenvalue weighted by molar-refractivity contribution is 0.182. The molecule has 1 fully saturated rings. The van der Waals surface area contributed by atoms with E-state index in [9.17, 15) is 0 Å². The third-order valence-corrected chi connectivity index (χ3v) is 2.75. The van der Waals surface area contributed by atoms with Gasteiger partial charge in [-0.1, -0.05) is 25.8 Å². The van der Waals surface area contributed by atoms with Gasteiger partial charge in [-0.05, 0) is 25.0 Å². The number of hydrogen-bond donors (Lipinski definition) is 2. The molecule has 2 nitrogen and oxygen atoms in total. The first-order valence-electron chi connectivity index (χ1n) is 4.86. The molecule has 0 heterocycles. The number of rotatable bonds is 4. The van der Waals surface area contributed by atoms with E-state index in [0.29, 0.717) is 5.92 Å². The predicted molar refractivity (Wildman–Crippen MR) is 50.8 cm³/mol. The molecule has 1 atom stereocenters. The van der Waals surface area contributed by atoms with Crippen LogP contribution in [0.1, 0.15) is 32.1 Å². The van der Waals surface area contributed by atoms with Crippen LogP contribution in [0.5, 0.6) is 0 Å². The average molecular weight is 169 g/mol. The van der Waals surface area contributed by atoms with Gasteiger partial charge in [0.15, 0.2) is 0 Å². The van der Waals surface area contributed by atoms with Gasteiger partial charge in [-0.25, -0.2) is 0 Å². The highest BCUT2D eigenvalue weighted by atomic mass is 16.3. The Kier molecular flexibility index (Phi) is 4.15. The third-order valence-electron chi connectivity index (χ3n) is 2.75. The molecule has 0 radical (unpaired) electrons. The van der Waals surface area contributed by atoms with Crippen molar-refractivity contribution in [3.8, 4) is 0 Å². The van der Waals surface area contributed by atoms with Crippen molar-refractivity contribution in [2.45, 2.75) is 38.1 Å². The fourth-order valence-electron chi connectivity index (χ4n) is 2.03. The van der Waals surface area contributed by atoms with Gasteiger partial charge >= 0.3 is 0 Å². The molecule has 1 aliphatic rings. The van der Waals surface area contributed by atoms with Gasteiger partial charge < -0.3 is 10.4 Å². The van der Waals surface area contributed by atoms with Crippen molar-refractivity contribution in [3.05, 3.63) is 12.8 Å². The minimum Gasteiger partial charge on any atom is -0.394 e. The fourth-order valence-corrected chi connectivity index (χ4v) is 2.03. The van der Waals surface area contributed by atoms with Gasteiger partial charge in [-0.2, -0.15) is 0 Å². The predicted octanol–water partition coefficient (Wildman–Crippen LogP) is 1.66. The Morgan fingerprint density at radius 1 is 1.42 bits per heavy atom. The quantitative estimate of drug-likeness (QED) is 0.671. The Balaban J connectivity index is 2.34. The SMILES string of the molecule is C=CNC(CO)C1CCCCC1. The van der Waals surface area contributed by atoms with Crippen molar-refractivity contribution in [1.29, 1.82) is 0 Å². The van der Waals surface area contributed by atoms with E-state index in [1.165, 1.54) is 32.1 Å². The summed E-state index contributed by atoms with van der Waals surface area (Å²) in [6.07, 6.45) is 8.20. The molecule has 12 heavy (non-hydrogen) atoms. The maximum Gasteiger partial charge on any atom is 0.0635 e. The monoisotopic (exact) mass is 169 g/mol. The normalized spacial score (nSPS) is 21.8. The zero-order valence-electron chi connectivity index (χ0n) is 7.63. The molecular formula is C10H19NO. The van der Waals surface area contributed by atoms with Gasteiger partial charge in [-0.15, -0.1) is 0 Å². The second-order valence-electron chi connectivity index (χ2n) is 3.56. The molecule has 0 spiro atoms. The van der Waals surface area contributed by atoms with Crippen molar-refractivity contribution in [2.24, 2.45) is 5.92 Å². The van der Waals surface area contributed by atoms with E-state index in [4.69, 9.17) is 5.11 Å². The zero-order valence-corrected chi connectivity index (χ0v) is 7.63. The van der Waals surface area contributed by atoms with Gasteiger partial charge in [0, 0.05) is 0 Å². The lowest BCUT2D eigenvalue weighted by atomic mass is 9.84. The van der Waals surface area contributed by atoms with Gasteiger partial charge in [0.05, 0.1) is 12.6 Å². The van der Waals surface area contributed by atoms with E-state index < -0.39 is 0 Å². The topological polar surface area (TPSA) is 32.3 Å². The summed E-state index contributed by atoms with van der Waals surface area (Å²) in [6.45, 7) is 3.85. The number of aliphatic hydroxyl groups is 1. The molecule has 2 N–H and O–H groups in total. The maximum absolute atomic E-state index is 9.10. The Hall–Kier alpha value is -0.500. The highest BCUT2D eigenvalue weighted by Crippen LogP contribution is 2.26. The molecule has 0 aromatic rings. The maximum atomic E-state index is 9.10. The van der Waals surface area contributed by atoms with E-state index in [2.05, 4.69) is 11.9 Å². The standard InChI is InChI=1S/C10H19NO/c1-2-11-10(8-12)9-6-4-3-5-7-9/h2,9-12H,1,3-8H2. The fraction of sp³-hybridized carbons (Fsp3) is 0.800. The van der Waals surface area contributed by atoms with Crippen LogP contribution in [0.3, 0.4) is 0 Å². The first kappa shape index (κ1) is 9.59. The first-order valence-corrected chi connectivity index (χ1v) is 4.86. The number of nitrogens with one attached hydrogen (secondary N) is 1. The molecule has 1 saturated carbocycles. The molecule has 0 amide bonds. The van der Waals surface area contributed by atoms with E-state index in [1.807, 2.05) is 0 Å². The van der Waals surface area contributed by atoms with Crippen molar-refractivity contribution in [2.75, 3.05) is 6.61 Å². The van der Waals surface area contributed by atoms with Crippen molar-refractivity contribution >= 4 is 0 Å². The molecule has 0 bridgehead atoms. The summed E-state index contributed by atoms with van der Waals surface area (Å²) in [5.41, 5.74) is 0. The van der Waals surface area contributed by atoms with Crippen molar-refractivity contribution < 1.29 is 5.11 Å². The zero-order chi connectivity index (χ0) is 8.81. The Bertz CT molecular complexity index is 130. The van der Waals surface area contributed by atoms with Crippen molar-refractivity contribution in [1.82, 2.24) is 5.32 Å². The van der Waals surface area contributed by atoms with Crippen LogP contribution < -0.4 is 5.32 Å². The Morgan fingerprint density at radius 3 is 2.58 bits per heavy atom. The van der Waals surface area contributed by atoms with Gasteiger partial charge in [0.25, 0.3) is 0 Å². The van der Waals surface area contributed by atoms with Crippen LogP contribution in [0, 0.1) is 5.92 Å². The minimum absolute atomic E-state index is 0.233. The second-order valence-corrected chi connectivity index (χ2v) is 3.56. The molecule has 0 aromatic heterocycles. The smallest absolute Gasteiger partial charge is 0.0635 e. The summed E-state index contributed by atoms with van der Waals surface area (Å²) in [5, 5.41) is 12.2. The molecule has 1 unspecified atom stereocenters. The minimum atomic E-state index is 0.233. The average Bonchev–Trinajstić information content (AvgIpc) is 2.15. The third kappa shape index (κ3) is 2.52. The van der Waals surface area contributed by atoms with E-state index >= 15 is 0 Å². The van der Waals surface area contributed by atoms with E-state index in [0.717, 1.165) is 0 Å². The summed E-state index contributed by atoms with van der Waals surface area (Å²) < 4.78 is 0. The highest BCUT2D eigenvalue weighted by Gasteiger charge is 2.21. The number of aliphatic hydroxyl groups excluding tert-OH is 1. The summed E-state index contributed by atoms with van der Waals surface area (Å²) in [4.78, 5) is 0. The van der Waals surface area contributed by atoms with Crippen LogP contribution in [-0.2, 0) is 0 Å². The molecule has 1 rings (SSSR count). The molecule has 2 heteroatoms. The van der Waals surface area contributed by atoms with Gasteiger partial charge in [-0.3, -0.25) is 0 Å². The molecule has 0 aliphatic heterocycles. The van der Waals surface area contributed by atoms with Gasteiger partial charge in [0.2, 0.25) is 0 Å². The lowest BCUT2D eigenvalue weighted by Gasteiger charge is -2.29. The lowest BCUT2D eigenvalue weighted by Crippen LogP contribution is -2.37. The van der Waals surface area contributed by atoms with E-state index in [-0.39, 0.29) is 12.6 Å². The second kappa shape index (κ2) is 5.20.